The smallest absolute Gasteiger partial charge is 0.257 e. The van der Waals surface area contributed by atoms with E-state index in [1.54, 1.807) is 32.2 Å². The Morgan fingerprint density at radius 1 is 1.16 bits per heavy atom. The van der Waals surface area contributed by atoms with Crippen molar-refractivity contribution in [1.82, 2.24) is 4.98 Å². The first-order chi connectivity index (χ1) is 8.99. The Kier molecular flexibility index (Phi) is 3.51. The molecule has 2 N–H and O–H groups in total. The average Bonchev–Trinajstić information content (AvgIpc) is 2.36. The van der Waals surface area contributed by atoms with Crippen LogP contribution in [0.2, 0.25) is 0 Å². The number of aryl methyl sites for hydroxylation is 3. The fourth-order valence-corrected chi connectivity index (χ4v) is 1.84. The zero-order chi connectivity index (χ0) is 14.0. The summed E-state index contributed by atoms with van der Waals surface area (Å²) in [5.74, 6) is 0.531. The topological polar surface area (TPSA) is 62.2 Å². The van der Waals surface area contributed by atoms with Gasteiger partial charge in [-0.1, -0.05) is 6.07 Å². The van der Waals surface area contributed by atoms with Crippen LogP contribution in [-0.4, -0.2) is 16.0 Å². The number of amides is 1. The zero-order valence-electron chi connectivity index (χ0n) is 11.2. The second-order valence-corrected chi connectivity index (χ2v) is 4.58. The van der Waals surface area contributed by atoms with E-state index in [1.165, 1.54) is 0 Å². The Labute approximate surface area is 112 Å². The summed E-state index contributed by atoms with van der Waals surface area (Å²) < 4.78 is 0. The van der Waals surface area contributed by atoms with E-state index < -0.39 is 0 Å². The van der Waals surface area contributed by atoms with Crippen LogP contribution in [0.3, 0.4) is 0 Å². The van der Waals surface area contributed by atoms with Gasteiger partial charge in [0.1, 0.15) is 11.6 Å². The van der Waals surface area contributed by atoms with Crippen LogP contribution in [0.4, 0.5) is 5.82 Å². The van der Waals surface area contributed by atoms with Gasteiger partial charge in [0, 0.05) is 11.8 Å². The van der Waals surface area contributed by atoms with Crippen LogP contribution >= 0.6 is 0 Å². The van der Waals surface area contributed by atoms with Crippen molar-refractivity contribution in [3.63, 3.8) is 0 Å². The molecule has 0 unspecified atom stereocenters. The van der Waals surface area contributed by atoms with E-state index in [0.717, 1.165) is 11.1 Å². The van der Waals surface area contributed by atoms with Crippen molar-refractivity contribution in [2.75, 3.05) is 5.32 Å². The number of rotatable bonds is 2. The number of nitrogens with zero attached hydrogens (tertiary/aromatic N) is 1. The average molecular weight is 256 g/mol. The van der Waals surface area contributed by atoms with Crippen molar-refractivity contribution in [2.45, 2.75) is 20.8 Å². The Morgan fingerprint density at radius 2 is 1.89 bits per heavy atom. The molecule has 1 heterocycles. The van der Waals surface area contributed by atoms with Crippen molar-refractivity contribution in [1.29, 1.82) is 0 Å². The van der Waals surface area contributed by atoms with E-state index in [2.05, 4.69) is 10.3 Å². The lowest BCUT2D eigenvalue weighted by Gasteiger charge is -2.10. The van der Waals surface area contributed by atoms with Crippen LogP contribution in [0.5, 0.6) is 5.75 Å². The summed E-state index contributed by atoms with van der Waals surface area (Å²) in [6.45, 7) is 5.44. The maximum atomic E-state index is 12.2. The number of nitrogens with one attached hydrogen (secondary N) is 1. The number of phenols is 1. The van der Waals surface area contributed by atoms with Crippen LogP contribution in [0.25, 0.3) is 0 Å². The maximum absolute atomic E-state index is 12.2. The van der Waals surface area contributed by atoms with Gasteiger partial charge in [0.25, 0.3) is 5.91 Å². The van der Waals surface area contributed by atoms with Crippen molar-refractivity contribution in [3.05, 3.63) is 52.7 Å². The van der Waals surface area contributed by atoms with Gasteiger partial charge in [-0.2, -0.15) is 0 Å². The molecule has 0 spiro atoms. The number of anilines is 1. The lowest BCUT2D eigenvalue weighted by molar-refractivity contribution is 0.102. The predicted molar refractivity (Wildman–Crippen MR) is 74.5 cm³/mol. The minimum atomic E-state index is -0.220. The molecule has 0 saturated heterocycles. The van der Waals surface area contributed by atoms with Crippen LogP contribution in [0, 0.1) is 20.8 Å². The van der Waals surface area contributed by atoms with Crippen LogP contribution in [-0.2, 0) is 0 Å². The molecule has 0 aliphatic carbocycles. The molecule has 1 aromatic carbocycles. The molecule has 0 aliphatic rings. The number of aromatic nitrogens is 1. The number of carbonyl (C=O) groups excluding carboxylic acids is 1. The highest BCUT2D eigenvalue weighted by molar-refractivity contribution is 6.05. The third kappa shape index (κ3) is 2.73. The molecule has 0 aliphatic heterocycles. The maximum Gasteiger partial charge on any atom is 0.257 e. The summed E-state index contributed by atoms with van der Waals surface area (Å²) in [7, 11) is 0. The molecule has 2 aromatic rings. The Balaban J connectivity index is 2.31. The first-order valence-electron chi connectivity index (χ1n) is 6.02. The lowest BCUT2D eigenvalue weighted by atomic mass is 10.0. The van der Waals surface area contributed by atoms with Gasteiger partial charge in [0.2, 0.25) is 0 Å². The Bertz CT molecular complexity index is 636. The third-order valence-corrected chi connectivity index (χ3v) is 3.03. The lowest BCUT2D eigenvalue weighted by Crippen LogP contribution is -2.15. The number of hydrogen-bond acceptors (Lipinski definition) is 3. The van der Waals surface area contributed by atoms with Crippen LogP contribution in [0.1, 0.15) is 27.0 Å². The first-order valence-corrected chi connectivity index (χ1v) is 6.02. The van der Waals surface area contributed by atoms with Gasteiger partial charge < -0.3 is 10.4 Å². The summed E-state index contributed by atoms with van der Waals surface area (Å²) in [6.07, 6.45) is 1.64. The minimum absolute atomic E-state index is 0.197. The normalized spacial score (nSPS) is 10.3. The number of pyridine rings is 1. The fraction of sp³-hybridized carbons (Fsp3) is 0.200. The number of phenolic OH excluding ortho intramolecular Hbond substituents is 1. The van der Waals surface area contributed by atoms with E-state index in [-0.39, 0.29) is 11.7 Å². The number of hydrogen-bond donors (Lipinski definition) is 2. The molecule has 0 radical (unpaired) electrons. The molecule has 19 heavy (non-hydrogen) atoms. The Morgan fingerprint density at radius 3 is 2.58 bits per heavy atom. The molecule has 4 nitrogen and oxygen atoms in total. The van der Waals surface area contributed by atoms with Crippen molar-refractivity contribution in [2.24, 2.45) is 0 Å². The molecular weight excluding hydrogens is 240 g/mol. The molecule has 0 bridgehead atoms. The van der Waals surface area contributed by atoms with E-state index in [4.69, 9.17) is 0 Å². The van der Waals surface area contributed by atoms with Gasteiger partial charge in [-0.15, -0.1) is 0 Å². The van der Waals surface area contributed by atoms with Gasteiger partial charge in [-0.3, -0.25) is 4.79 Å². The molecule has 4 heteroatoms. The van der Waals surface area contributed by atoms with E-state index >= 15 is 0 Å². The number of benzene rings is 1. The standard InChI is InChI=1S/C15H16N2O2/c1-9-5-4-6-16-14(9)17-15(19)12-7-11(3)13(18)8-10(12)2/h4-8,18H,1-3H3,(H,16,17,19). The zero-order valence-corrected chi connectivity index (χ0v) is 11.2. The number of aromatic hydroxyl groups is 1. The minimum Gasteiger partial charge on any atom is -0.508 e. The van der Waals surface area contributed by atoms with Crippen molar-refractivity contribution < 1.29 is 9.90 Å². The van der Waals surface area contributed by atoms with Gasteiger partial charge in [0.05, 0.1) is 0 Å². The van der Waals surface area contributed by atoms with E-state index in [1.807, 2.05) is 19.1 Å². The number of carbonyl (C=O) groups is 1. The van der Waals surface area contributed by atoms with Gasteiger partial charge in [0.15, 0.2) is 0 Å². The molecule has 0 atom stereocenters. The highest BCUT2D eigenvalue weighted by Gasteiger charge is 2.13. The molecule has 0 saturated carbocycles. The highest BCUT2D eigenvalue weighted by atomic mass is 16.3. The summed E-state index contributed by atoms with van der Waals surface area (Å²) in [6, 6.07) is 6.98. The van der Waals surface area contributed by atoms with Gasteiger partial charge in [-0.25, -0.2) is 4.98 Å². The van der Waals surface area contributed by atoms with E-state index in [0.29, 0.717) is 16.9 Å². The van der Waals surface area contributed by atoms with Crippen molar-refractivity contribution in [3.8, 4) is 5.75 Å². The highest BCUT2D eigenvalue weighted by Crippen LogP contribution is 2.22. The SMILES string of the molecule is Cc1cc(C(=O)Nc2ncccc2C)c(C)cc1O. The van der Waals surface area contributed by atoms with Gasteiger partial charge >= 0.3 is 0 Å². The van der Waals surface area contributed by atoms with Crippen molar-refractivity contribution >= 4 is 11.7 Å². The first kappa shape index (κ1) is 13.1. The molecule has 0 fully saturated rings. The van der Waals surface area contributed by atoms with Gasteiger partial charge in [-0.05, 0) is 55.7 Å². The summed E-state index contributed by atoms with van der Waals surface area (Å²) >= 11 is 0. The Hall–Kier alpha value is -2.36. The summed E-state index contributed by atoms with van der Waals surface area (Å²) in [5.41, 5.74) is 2.85. The summed E-state index contributed by atoms with van der Waals surface area (Å²) in [4.78, 5) is 16.3. The monoisotopic (exact) mass is 256 g/mol. The molecule has 1 amide bonds. The summed E-state index contributed by atoms with van der Waals surface area (Å²) in [5, 5.41) is 12.4. The second kappa shape index (κ2) is 5.10. The second-order valence-electron chi connectivity index (χ2n) is 4.58. The quantitative estimate of drug-likeness (QED) is 0.868. The van der Waals surface area contributed by atoms with Crippen LogP contribution in [0.15, 0.2) is 30.5 Å². The third-order valence-electron chi connectivity index (χ3n) is 3.03. The predicted octanol–water partition coefficient (Wildman–Crippen LogP) is 2.96. The molecule has 2 rings (SSSR count). The largest absolute Gasteiger partial charge is 0.508 e. The molecule has 1 aromatic heterocycles. The van der Waals surface area contributed by atoms with Crippen LogP contribution < -0.4 is 5.32 Å². The van der Waals surface area contributed by atoms with E-state index in [9.17, 15) is 9.90 Å². The molecular formula is C15H16N2O2. The molecule has 98 valence electrons. The fourth-order valence-electron chi connectivity index (χ4n) is 1.84.